The van der Waals surface area contributed by atoms with Gasteiger partial charge in [-0.05, 0) is 38.4 Å². The summed E-state index contributed by atoms with van der Waals surface area (Å²) in [5.41, 5.74) is 0.816. The normalized spacial score (nSPS) is 17.7. The summed E-state index contributed by atoms with van der Waals surface area (Å²) in [7, 11) is 0. The monoisotopic (exact) mass is 385 g/mol. The van der Waals surface area contributed by atoms with Crippen LogP contribution in [0.3, 0.4) is 0 Å². The smallest absolute Gasteiger partial charge is 0.241 e. The second-order valence-corrected chi connectivity index (χ2v) is 7.62. The van der Waals surface area contributed by atoms with Crippen molar-refractivity contribution in [3.05, 3.63) is 35.4 Å². The van der Waals surface area contributed by atoms with Crippen molar-refractivity contribution < 1.29 is 9.32 Å². The van der Waals surface area contributed by atoms with Gasteiger partial charge in [-0.2, -0.15) is 4.98 Å². The Labute approximate surface area is 159 Å². The lowest BCUT2D eigenvalue weighted by Gasteiger charge is -2.30. The average molecular weight is 385 g/mol. The number of amides is 1. The van der Waals surface area contributed by atoms with Crippen LogP contribution in [0.5, 0.6) is 0 Å². The van der Waals surface area contributed by atoms with Gasteiger partial charge >= 0.3 is 0 Å². The zero-order chi connectivity index (χ0) is 18.6. The van der Waals surface area contributed by atoms with Gasteiger partial charge in [0.05, 0.1) is 12.5 Å². The molecule has 3 aromatic rings. The lowest BCUT2D eigenvalue weighted by atomic mass is 9.97. The Morgan fingerprint density at radius 3 is 3.15 bits per heavy atom. The van der Waals surface area contributed by atoms with Gasteiger partial charge in [0.2, 0.25) is 22.8 Å². The van der Waals surface area contributed by atoms with E-state index in [-0.39, 0.29) is 11.8 Å². The standard InChI is InChI=1S/C17H19N7O2S/c1-11-21-22-17(27-11)20-16(25)13-5-3-7-24(9-13)10-14-19-15(23-26-14)12-4-2-6-18-8-12/h2,4,6,8,13H,3,5,7,9-10H2,1H3,(H,20,22,25). The van der Waals surface area contributed by atoms with Gasteiger partial charge in [0.25, 0.3) is 0 Å². The van der Waals surface area contributed by atoms with E-state index >= 15 is 0 Å². The number of hydrogen-bond acceptors (Lipinski definition) is 9. The molecule has 10 heteroatoms. The fourth-order valence-corrected chi connectivity index (χ4v) is 3.69. The number of carbonyl (C=O) groups is 1. The van der Waals surface area contributed by atoms with Crippen molar-refractivity contribution in [3.8, 4) is 11.4 Å². The van der Waals surface area contributed by atoms with Crippen LogP contribution in [0.4, 0.5) is 5.13 Å². The Hall–Kier alpha value is -2.72. The quantitative estimate of drug-likeness (QED) is 0.711. The molecule has 0 aromatic carbocycles. The Morgan fingerprint density at radius 1 is 1.44 bits per heavy atom. The van der Waals surface area contributed by atoms with Gasteiger partial charge in [-0.1, -0.05) is 16.5 Å². The zero-order valence-corrected chi connectivity index (χ0v) is 15.6. The second-order valence-electron chi connectivity index (χ2n) is 6.44. The van der Waals surface area contributed by atoms with Crippen LogP contribution in [-0.2, 0) is 11.3 Å². The second kappa shape index (κ2) is 7.89. The first-order valence-corrected chi connectivity index (χ1v) is 9.55. The molecule has 1 N–H and O–H groups in total. The predicted octanol–water partition coefficient (Wildman–Crippen LogP) is 2.14. The van der Waals surface area contributed by atoms with Crippen LogP contribution in [0, 0.1) is 12.8 Å². The number of aromatic nitrogens is 5. The summed E-state index contributed by atoms with van der Waals surface area (Å²) in [6.45, 7) is 3.93. The molecule has 1 saturated heterocycles. The average Bonchev–Trinajstić information content (AvgIpc) is 3.32. The van der Waals surface area contributed by atoms with Gasteiger partial charge in [0.1, 0.15) is 5.01 Å². The van der Waals surface area contributed by atoms with Gasteiger partial charge in [-0.3, -0.25) is 14.7 Å². The lowest BCUT2D eigenvalue weighted by molar-refractivity contribution is -0.121. The summed E-state index contributed by atoms with van der Waals surface area (Å²) < 4.78 is 5.37. The number of pyridine rings is 1. The Morgan fingerprint density at radius 2 is 2.37 bits per heavy atom. The number of nitrogens with one attached hydrogen (secondary N) is 1. The lowest BCUT2D eigenvalue weighted by Crippen LogP contribution is -2.40. The first-order valence-electron chi connectivity index (χ1n) is 8.73. The molecule has 4 rings (SSSR count). The first-order chi connectivity index (χ1) is 13.2. The molecule has 4 heterocycles. The van der Waals surface area contributed by atoms with Crippen LogP contribution in [-0.4, -0.2) is 49.2 Å². The van der Waals surface area contributed by atoms with E-state index in [4.69, 9.17) is 4.52 Å². The van der Waals surface area contributed by atoms with Crippen LogP contribution in [0.15, 0.2) is 29.0 Å². The highest BCUT2D eigenvalue weighted by atomic mass is 32.1. The summed E-state index contributed by atoms with van der Waals surface area (Å²) in [5, 5.41) is 16.1. The van der Waals surface area contributed by atoms with Crippen LogP contribution in [0.25, 0.3) is 11.4 Å². The molecular formula is C17H19N7O2S. The zero-order valence-electron chi connectivity index (χ0n) is 14.8. The maximum Gasteiger partial charge on any atom is 0.241 e. The summed E-state index contributed by atoms with van der Waals surface area (Å²) in [5.74, 6) is 0.951. The van der Waals surface area contributed by atoms with Crippen LogP contribution < -0.4 is 5.32 Å². The van der Waals surface area contributed by atoms with E-state index in [1.165, 1.54) is 11.3 Å². The van der Waals surface area contributed by atoms with E-state index in [9.17, 15) is 4.79 Å². The molecule has 0 aliphatic carbocycles. The molecule has 1 unspecified atom stereocenters. The number of carbonyl (C=O) groups excluding carboxylic acids is 1. The summed E-state index contributed by atoms with van der Waals surface area (Å²) in [6.07, 6.45) is 5.19. The molecule has 0 bridgehead atoms. The fraction of sp³-hybridized carbons (Fsp3) is 0.412. The molecular weight excluding hydrogens is 366 g/mol. The molecule has 1 amide bonds. The summed E-state index contributed by atoms with van der Waals surface area (Å²) in [6, 6.07) is 3.72. The largest absolute Gasteiger partial charge is 0.338 e. The first kappa shape index (κ1) is 17.7. The molecule has 0 radical (unpaired) electrons. The Kier molecular flexibility index (Phi) is 5.16. The number of aryl methyl sites for hydroxylation is 1. The minimum Gasteiger partial charge on any atom is -0.338 e. The van der Waals surface area contributed by atoms with Crippen molar-refractivity contribution in [1.82, 2.24) is 30.2 Å². The van der Waals surface area contributed by atoms with E-state index in [0.717, 1.165) is 30.0 Å². The van der Waals surface area contributed by atoms with E-state index < -0.39 is 0 Å². The van der Waals surface area contributed by atoms with Crippen LogP contribution in [0.2, 0.25) is 0 Å². The predicted molar refractivity (Wildman–Crippen MR) is 98.8 cm³/mol. The fourth-order valence-electron chi connectivity index (χ4n) is 3.09. The number of likely N-dealkylation sites (tertiary alicyclic amines) is 1. The third kappa shape index (κ3) is 4.34. The van der Waals surface area contributed by atoms with E-state index in [2.05, 4.69) is 35.5 Å². The molecule has 27 heavy (non-hydrogen) atoms. The molecule has 3 aromatic heterocycles. The molecule has 1 aliphatic heterocycles. The van der Waals surface area contributed by atoms with Gasteiger partial charge < -0.3 is 9.84 Å². The maximum atomic E-state index is 12.5. The van der Waals surface area contributed by atoms with Crippen molar-refractivity contribution in [2.45, 2.75) is 26.3 Å². The highest BCUT2D eigenvalue weighted by molar-refractivity contribution is 7.15. The highest BCUT2D eigenvalue weighted by Gasteiger charge is 2.27. The third-order valence-corrected chi connectivity index (χ3v) is 5.13. The molecule has 9 nitrogen and oxygen atoms in total. The number of rotatable bonds is 5. The summed E-state index contributed by atoms with van der Waals surface area (Å²) >= 11 is 1.38. The number of hydrogen-bond donors (Lipinski definition) is 1. The summed E-state index contributed by atoms with van der Waals surface area (Å²) in [4.78, 5) is 23.2. The van der Waals surface area contributed by atoms with E-state index in [1.54, 1.807) is 12.4 Å². The maximum absolute atomic E-state index is 12.5. The van der Waals surface area contributed by atoms with Crippen molar-refractivity contribution >= 4 is 22.4 Å². The molecule has 140 valence electrons. The Balaban J connectivity index is 1.36. The van der Waals surface area contributed by atoms with Crippen molar-refractivity contribution in [2.24, 2.45) is 5.92 Å². The van der Waals surface area contributed by atoms with E-state index in [1.807, 2.05) is 19.1 Å². The van der Waals surface area contributed by atoms with Gasteiger partial charge in [-0.25, -0.2) is 0 Å². The molecule has 1 aliphatic rings. The Bertz CT molecular complexity index is 911. The molecule has 0 spiro atoms. The molecule has 1 atom stereocenters. The number of nitrogens with zero attached hydrogens (tertiary/aromatic N) is 6. The SMILES string of the molecule is Cc1nnc(NC(=O)C2CCCN(Cc3nc(-c4cccnc4)no3)C2)s1. The van der Waals surface area contributed by atoms with Crippen molar-refractivity contribution in [3.63, 3.8) is 0 Å². The van der Waals surface area contributed by atoms with Gasteiger partial charge in [-0.15, -0.1) is 10.2 Å². The van der Waals surface area contributed by atoms with Crippen molar-refractivity contribution in [2.75, 3.05) is 18.4 Å². The third-order valence-electron chi connectivity index (χ3n) is 4.38. The van der Waals surface area contributed by atoms with Gasteiger partial charge in [0, 0.05) is 24.5 Å². The van der Waals surface area contributed by atoms with Crippen LogP contribution >= 0.6 is 11.3 Å². The minimum absolute atomic E-state index is 0.0163. The number of piperidine rings is 1. The molecule has 0 saturated carbocycles. The van der Waals surface area contributed by atoms with Crippen LogP contribution in [0.1, 0.15) is 23.7 Å². The van der Waals surface area contributed by atoms with Crippen molar-refractivity contribution in [1.29, 1.82) is 0 Å². The molecule has 1 fully saturated rings. The highest BCUT2D eigenvalue weighted by Crippen LogP contribution is 2.22. The van der Waals surface area contributed by atoms with E-state index in [0.29, 0.717) is 29.9 Å². The minimum atomic E-state index is -0.0938. The number of anilines is 1. The van der Waals surface area contributed by atoms with Gasteiger partial charge in [0.15, 0.2) is 0 Å². The topological polar surface area (TPSA) is 110 Å².